The van der Waals surface area contributed by atoms with Crippen LogP contribution in [0.15, 0.2) is 78.9 Å². The average Bonchev–Trinajstić information content (AvgIpc) is 3.75. The Kier molecular flexibility index (Phi) is 12.6. The molecule has 0 aliphatic heterocycles. The van der Waals surface area contributed by atoms with Crippen LogP contribution in [0.1, 0.15) is 55.2 Å². The summed E-state index contributed by atoms with van der Waals surface area (Å²) in [6, 6.07) is 25.5. The standard InChI is InChI=1S/C39H47NO7/c1-43-33-19-15-30(16-20-33)39(29-11-6-5-7-12-29,31-17-21-34(44-2)22-18-31)47-28-32(41)27-45-25-10-24-40-38(42)46-26-23-37-35-13-8-3-4-9-14-36(35)37/h5-7,11-12,15-22,32,35-37,41H,8-10,13-14,23-28H2,1-2H3,(H,40,42). The summed E-state index contributed by atoms with van der Waals surface area (Å²) in [7, 11) is 3.27. The van der Waals surface area contributed by atoms with E-state index in [2.05, 4.69) is 17.2 Å². The van der Waals surface area contributed by atoms with Crippen LogP contribution in [-0.4, -0.2) is 64.5 Å². The molecule has 2 aliphatic rings. The molecule has 8 heteroatoms. The van der Waals surface area contributed by atoms with Crippen molar-refractivity contribution in [1.29, 1.82) is 0 Å². The van der Waals surface area contributed by atoms with Gasteiger partial charge in [-0.05, 0) is 84.4 Å². The van der Waals surface area contributed by atoms with E-state index in [-0.39, 0.29) is 13.2 Å². The van der Waals surface area contributed by atoms with Crippen LogP contribution in [0.3, 0.4) is 0 Å². The quantitative estimate of drug-likeness (QED) is 0.101. The van der Waals surface area contributed by atoms with Crippen molar-refractivity contribution in [2.45, 2.75) is 50.2 Å². The van der Waals surface area contributed by atoms with Crippen LogP contribution in [0.4, 0.5) is 4.79 Å². The molecule has 3 unspecified atom stereocenters. The molecule has 2 N–H and O–H groups in total. The number of benzene rings is 3. The first kappa shape index (κ1) is 34.3. The molecule has 5 rings (SSSR count). The highest BCUT2D eigenvalue weighted by atomic mass is 16.5. The first-order valence-electron chi connectivity index (χ1n) is 16.7. The zero-order valence-electron chi connectivity index (χ0n) is 27.5. The molecule has 47 heavy (non-hydrogen) atoms. The number of carbonyl (C=O) groups excluding carboxylic acids is 1. The van der Waals surface area contributed by atoms with Gasteiger partial charge in [-0.25, -0.2) is 4.79 Å². The number of rotatable bonds is 17. The number of aliphatic hydroxyl groups is 1. The Morgan fingerprint density at radius 2 is 1.40 bits per heavy atom. The normalized spacial score (nSPS) is 19.2. The number of fused-ring (bicyclic) bond motifs is 1. The number of nitrogens with one attached hydrogen (secondary N) is 1. The van der Waals surface area contributed by atoms with Crippen molar-refractivity contribution >= 4 is 6.09 Å². The predicted molar refractivity (Wildman–Crippen MR) is 180 cm³/mol. The summed E-state index contributed by atoms with van der Waals surface area (Å²) in [6.07, 6.45) is 4.59. The molecular formula is C39H47NO7. The monoisotopic (exact) mass is 641 g/mol. The molecule has 3 aromatic carbocycles. The Balaban J connectivity index is 1.09. The molecule has 1 saturated carbocycles. The largest absolute Gasteiger partial charge is 0.497 e. The van der Waals surface area contributed by atoms with E-state index < -0.39 is 17.8 Å². The van der Waals surface area contributed by atoms with Crippen LogP contribution in [-0.2, 0) is 19.8 Å². The van der Waals surface area contributed by atoms with Gasteiger partial charge in [-0.3, -0.25) is 0 Å². The highest BCUT2D eigenvalue weighted by molar-refractivity contribution is 5.67. The molecule has 2 aliphatic carbocycles. The molecular weight excluding hydrogens is 594 g/mol. The number of carbonyl (C=O) groups is 1. The molecule has 0 bridgehead atoms. The molecule has 0 saturated heterocycles. The van der Waals surface area contributed by atoms with Gasteiger partial charge in [0.25, 0.3) is 0 Å². The van der Waals surface area contributed by atoms with Gasteiger partial charge in [0.05, 0.1) is 34.0 Å². The van der Waals surface area contributed by atoms with Crippen LogP contribution in [0, 0.1) is 29.6 Å². The predicted octanol–water partition coefficient (Wildman–Crippen LogP) is 6.34. The van der Waals surface area contributed by atoms with Gasteiger partial charge in [0, 0.05) is 26.0 Å². The minimum Gasteiger partial charge on any atom is -0.497 e. The van der Waals surface area contributed by atoms with Gasteiger partial charge >= 0.3 is 6.09 Å². The fraction of sp³-hybridized carbons (Fsp3) is 0.462. The molecule has 3 aromatic rings. The lowest BCUT2D eigenvalue weighted by atomic mass is 9.80. The molecule has 0 radical (unpaired) electrons. The molecule has 1 fully saturated rings. The van der Waals surface area contributed by atoms with E-state index in [4.69, 9.17) is 23.7 Å². The highest BCUT2D eigenvalue weighted by Gasteiger charge is 2.48. The smallest absolute Gasteiger partial charge is 0.407 e. The SMILES string of the molecule is COc1ccc(C(OCC(O)COCCCNC(=O)OCCC2C3CCC#CCCC32)(c2ccccc2)c2ccc(OC)cc2)cc1. The minimum atomic E-state index is -1.02. The van der Waals surface area contributed by atoms with Gasteiger partial charge in [0.15, 0.2) is 0 Å². The summed E-state index contributed by atoms with van der Waals surface area (Å²) >= 11 is 0. The molecule has 0 spiro atoms. The van der Waals surface area contributed by atoms with Crippen LogP contribution >= 0.6 is 0 Å². The van der Waals surface area contributed by atoms with Crippen molar-refractivity contribution in [3.05, 3.63) is 95.6 Å². The van der Waals surface area contributed by atoms with Gasteiger partial charge < -0.3 is 34.1 Å². The van der Waals surface area contributed by atoms with Crippen molar-refractivity contribution in [2.75, 3.05) is 47.2 Å². The molecule has 0 aromatic heterocycles. The molecule has 3 atom stereocenters. The third-order valence-electron chi connectivity index (χ3n) is 9.23. The second kappa shape index (κ2) is 17.2. The van der Waals surface area contributed by atoms with E-state index in [0.29, 0.717) is 32.1 Å². The number of ether oxygens (including phenoxy) is 5. The molecule has 8 nitrogen and oxygen atoms in total. The summed E-state index contributed by atoms with van der Waals surface area (Å²) in [4.78, 5) is 12.1. The fourth-order valence-electron chi connectivity index (χ4n) is 6.73. The third-order valence-corrected chi connectivity index (χ3v) is 9.23. The van der Waals surface area contributed by atoms with Gasteiger partial charge in [0.1, 0.15) is 23.2 Å². The number of methoxy groups -OCH3 is 2. The van der Waals surface area contributed by atoms with Gasteiger partial charge in [0.2, 0.25) is 0 Å². The molecule has 250 valence electrons. The van der Waals surface area contributed by atoms with Crippen molar-refractivity contribution in [3.8, 4) is 23.3 Å². The number of alkyl carbamates (subject to hydrolysis) is 1. The first-order chi connectivity index (χ1) is 23.0. The van der Waals surface area contributed by atoms with Gasteiger partial charge in [-0.1, -0.05) is 54.6 Å². The van der Waals surface area contributed by atoms with Crippen molar-refractivity contribution < 1.29 is 33.6 Å². The highest BCUT2D eigenvalue weighted by Crippen LogP contribution is 2.54. The maximum absolute atomic E-state index is 12.1. The second-order valence-corrected chi connectivity index (χ2v) is 12.2. The lowest BCUT2D eigenvalue weighted by molar-refractivity contribution is -0.0640. The fourth-order valence-corrected chi connectivity index (χ4v) is 6.73. The van der Waals surface area contributed by atoms with E-state index >= 15 is 0 Å². The topological polar surface area (TPSA) is 95.5 Å². The van der Waals surface area contributed by atoms with E-state index in [1.807, 2.05) is 78.9 Å². The Labute approximate surface area is 278 Å². The Morgan fingerprint density at radius 3 is 1.98 bits per heavy atom. The number of amides is 1. The number of hydrogen-bond donors (Lipinski definition) is 2. The van der Waals surface area contributed by atoms with E-state index in [1.165, 1.54) is 12.8 Å². The van der Waals surface area contributed by atoms with Crippen molar-refractivity contribution in [3.63, 3.8) is 0 Å². The van der Waals surface area contributed by atoms with Gasteiger partial charge in [-0.2, -0.15) is 0 Å². The summed E-state index contributed by atoms with van der Waals surface area (Å²) < 4.78 is 28.7. The second-order valence-electron chi connectivity index (χ2n) is 12.2. The van der Waals surface area contributed by atoms with Gasteiger partial charge in [-0.15, -0.1) is 11.8 Å². The van der Waals surface area contributed by atoms with Crippen molar-refractivity contribution in [1.82, 2.24) is 5.32 Å². The molecule has 1 amide bonds. The van der Waals surface area contributed by atoms with Crippen LogP contribution in [0.25, 0.3) is 0 Å². The molecule has 0 heterocycles. The first-order valence-corrected chi connectivity index (χ1v) is 16.7. The Hall–Kier alpha value is -4.03. The summed E-state index contributed by atoms with van der Waals surface area (Å²) in [6.45, 7) is 1.38. The maximum Gasteiger partial charge on any atom is 0.407 e. The summed E-state index contributed by atoms with van der Waals surface area (Å²) in [5.74, 6) is 10.1. The van der Waals surface area contributed by atoms with Crippen LogP contribution in [0.2, 0.25) is 0 Å². The zero-order chi connectivity index (χ0) is 32.9. The third kappa shape index (κ3) is 9.07. The maximum atomic E-state index is 12.1. The van der Waals surface area contributed by atoms with E-state index in [1.54, 1.807) is 14.2 Å². The average molecular weight is 642 g/mol. The lowest BCUT2D eigenvalue weighted by Crippen LogP contribution is -2.36. The zero-order valence-corrected chi connectivity index (χ0v) is 27.5. The number of aliphatic hydroxyl groups excluding tert-OH is 1. The number of hydrogen-bond acceptors (Lipinski definition) is 7. The Morgan fingerprint density at radius 1 is 0.830 bits per heavy atom. The minimum absolute atomic E-state index is 0.0211. The lowest BCUT2D eigenvalue weighted by Gasteiger charge is -2.36. The Bertz CT molecular complexity index is 1380. The van der Waals surface area contributed by atoms with Crippen LogP contribution < -0.4 is 14.8 Å². The van der Waals surface area contributed by atoms with E-state index in [9.17, 15) is 9.90 Å². The van der Waals surface area contributed by atoms with E-state index in [0.717, 1.165) is 59.3 Å². The van der Waals surface area contributed by atoms with Crippen LogP contribution in [0.5, 0.6) is 11.5 Å². The summed E-state index contributed by atoms with van der Waals surface area (Å²) in [5.41, 5.74) is 1.67. The van der Waals surface area contributed by atoms with Crippen molar-refractivity contribution in [2.24, 2.45) is 17.8 Å². The summed E-state index contributed by atoms with van der Waals surface area (Å²) in [5, 5.41) is 13.7.